The number of carbonyl (C=O) groups excluding carboxylic acids is 1. The molecule has 1 aromatic heterocycles. The summed E-state index contributed by atoms with van der Waals surface area (Å²) in [6.45, 7) is 3.59. The van der Waals surface area contributed by atoms with Gasteiger partial charge < -0.3 is 9.32 Å². The van der Waals surface area contributed by atoms with Gasteiger partial charge in [-0.2, -0.15) is 0 Å². The van der Waals surface area contributed by atoms with E-state index in [1.54, 1.807) is 18.0 Å². The zero-order valence-electron chi connectivity index (χ0n) is 19.7. The van der Waals surface area contributed by atoms with E-state index in [4.69, 9.17) is 27.6 Å². The van der Waals surface area contributed by atoms with Gasteiger partial charge in [-0.25, -0.2) is 4.98 Å². The van der Waals surface area contributed by atoms with Crippen LogP contribution in [0.15, 0.2) is 89.5 Å². The van der Waals surface area contributed by atoms with E-state index >= 15 is 0 Å². The van der Waals surface area contributed by atoms with Gasteiger partial charge in [-0.05, 0) is 35.7 Å². The van der Waals surface area contributed by atoms with Crippen molar-refractivity contribution in [1.82, 2.24) is 14.8 Å². The SMILES string of the molecule is CC(c1ccccc1)N(Cc1nc(C(=O)N(C)Cc2ccccc2)co1)Cc1ccc(Cl)cc1Cl. The van der Waals surface area contributed by atoms with E-state index in [9.17, 15) is 4.79 Å². The van der Waals surface area contributed by atoms with Crippen molar-refractivity contribution in [3.63, 3.8) is 0 Å². The van der Waals surface area contributed by atoms with Gasteiger partial charge in [0, 0.05) is 36.2 Å². The third-order valence-corrected chi connectivity index (χ3v) is 6.52. The van der Waals surface area contributed by atoms with Crippen molar-refractivity contribution in [2.24, 2.45) is 0 Å². The molecule has 5 nitrogen and oxygen atoms in total. The number of carbonyl (C=O) groups is 1. The summed E-state index contributed by atoms with van der Waals surface area (Å²) in [5, 5.41) is 1.20. The molecule has 0 fully saturated rings. The molecular weight excluding hydrogens is 481 g/mol. The minimum absolute atomic E-state index is 0.0507. The fourth-order valence-electron chi connectivity index (χ4n) is 3.92. The van der Waals surface area contributed by atoms with Crippen LogP contribution in [0.3, 0.4) is 0 Å². The number of hydrogen-bond acceptors (Lipinski definition) is 4. The molecule has 1 amide bonds. The first-order valence-electron chi connectivity index (χ1n) is 11.4. The van der Waals surface area contributed by atoms with E-state index in [0.717, 1.165) is 16.7 Å². The highest BCUT2D eigenvalue weighted by Gasteiger charge is 2.22. The van der Waals surface area contributed by atoms with Crippen molar-refractivity contribution in [2.45, 2.75) is 32.6 Å². The fourth-order valence-corrected chi connectivity index (χ4v) is 4.39. The minimum Gasteiger partial charge on any atom is -0.447 e. The van der Waals surface area contributed by atoms with E-state index < -0.39 is 0 Å². The number of hydrogen-bond donors (Lipinski definition) is 0. The molecule has 0 N–H and O–H groups in total. The highest BCUT2D eigenvalue weighted by atomic mass is 35.5. The van der Waals surface area contributed by atoms with Crippen molar-refractivity contribution in [2.75, 3.05) is 7.05 Å². The maximum Gasteiger partial charge on any atom is 0.275 e. The highest BCUT2D eigenvalue weighted by molar-refractivity contribution is 6.35. The van der Waals surface area contributed by atoms with E-state index in [0.29, 0.717) is 35.6 Å². The predicted octanol–water partition coefficient (Wildman–Crippen LogP) is 7.02. The molecule has 3 aromatic carbocycles. The summed E-state index contributed by atoms with van der Waals surface area (Å²) in [7, 11) is 1.76. The Hall–Kier alpha value is -3.12. The van der Waals surface area contributed by atoms with Gasteiger partial charge in [-0.1, -0.05) is 89.9 Å². The van der Waals surface area contributed by atoms with Crippen LogP contribution in [0.1, 0.15) is 46.0 Å². The number of amides is 1. The molecule has 180 valence electrons. The minimum atomic E-state index is -0.188. The lowest BCUT2D eigenvalue weighted by Crippen LogP contribution is -2.27. The van der Waals surface area contributed by atoms with Crippen LogP contribution in [0.2, 0.25) is 10.0 Å². The Morgan fingerprint density at radius 1 is 0.943 bits per heavy atom. The zero-order valence-corrected chi connectivity index (χ0v) is 21.2. The molecule has 1 heterocycles. The second kappa shape index (κ2) is 11.5. The maximum atomic E-state index is 12.9. The number of rotatable bonds is 9. The Bertz CT molecular complexity index is 1260. The lowest BCUT2D eigenvalue weighted by atomic mass is 10.1. The van der Waals surface area contributed by atoms with Crippen LogP contribution < -0.4 is 0 Å². The molecule has 0 bridgehead atoms. The van der Waals surface area contributed by atoms with Crippen LogP contribution in [0.25, 0.3) is 0 Å². The summed E-state index contributed by atoms with van der Waals surface area (Å²) in [6, 6.07) is 25.6. The number of halogens is 2. The van der Waals surface area contributed by atoms with Crippen LogP contribution >= 0.6 is 23.2 Å². The molecule has 0 radical (unpaired) electrons. The monoisotopic (exact) mass is 507 g/mol. The summed E-state index contributed by atoms with van der Waals surface area (Å²) in [6.07, 6.45) is 1.43. The topological polar surface area (TPSA) is 49.6 Å². The highest BCUT2D eigenvalue weighted by Crippen LogP contribution is 2.28. The molecule has 35 heavy (non-hydrogen) atoms. The van der Waals surface area contributed by atoms with Crippen molar-refractivity contribution < 1.29 is 9.21 Å². The quantitative estimate of drug-likeness (QED) is 0.244. The smallest absolute Gasteiger partial charge is 0.275 e. The first-order chi connectivity index (χ1) is 16.9. The Morgan fingerprint density at radius 3 is 2.31 bits per heavy atom. The van der Waals surface area contributed by atoms with Gasteiger partial charge in [-0.15, -0.1) is 0 Å². The van der Waals surface area contributed by atoms with Gasteiger partial charge in [0.2, 0.25) is 5.89 Å². The lowest BCUT2D eigenvalue weighted by molar-refractivity contribution is 0.0779. The number of aromatic nitrogens is 1. The number of benzene rings is 3. The summed E-state index contributed by atoms with van der Waals surface area (Å²) in [5.74, 6) is 0.279. The normalized spacial score (nSPS) is 12.0. The summed E-state index contributed by atoms with van der Waals surface area (Å²) in [4.78, 5) is 21.3. The van der Waals surface area contributed by atoms with Gasteiger partial charge in [-0.3, -0.25) is 9.69 Å². The fraction of sp³-hybridized carbons (Fsp3) is 0.214. The molecule has 0 aliphatic rings. The molecule has 0 aliphatic heterocycles. The van der Waals surface area contributed by atoms with Gasteiger partial charge in [0.1, 0.15) is 6.26 Å². The summed E-state index contributed by atoms with van der Waals surface area (Å²) < 4.78 is 5.74. The predicted molar refractivity (Wildman–Crippen MR) is 139 cm³/mol. The zero-order chi connectivity index (χ0) is 24.8. The third-order valence-electron chi connectivity index (χ3n) is 5.94. The van der Waals surface area contributed by atoms with E-state index in [1.807, 2.05) is 60.7 Å². The second-order valence-electron chi connectivity index (χ2n) is 8.50. The molecular formula is C28H27Cl2N3O2. The first-order valence-corrected chi connectivity index (χ1v) is 12.1. The average molecular weight is 508 g/mol. The van der Waals surface area contributed by atoms with E-state index in [-0.39, 0.29) is 17.6 Å². The van der Waals surface area contributed by atoms with E-state index in [1.165, 1.54) is 6.26 Å². The lowest BCUT2D eigenvalue weighted by Gasteiger charge is -2.28. The van der Waals surface area contributed by atoms with Crippen molar-refractivity contribution in [3.8, 4) is 0 Å². The molecule has 4 aromatic rings. The van der Waals surface area contributed by atoms with Crippen LogP contribution in [0.5, 0.6) is 0 Å². The van der Waals surface area contributed by atoms with Crippen molar-refractivity contribution in [3.05, 3.63) is 123 Å². The largest absolute Gasteiger partial charge is 0.447 e. The third kappa shape index (κ3) is 6.51. The van der Waals surface area contributed by atoms with Crippen LogP contribution in [0.4, 0.5) is 0 Å². The molecule has 0 aliphatic carbocycles. The number of oxazole rings is 1. The van der Waals surface area contributed by atoms with E-state index in [2.05, 4.69) is 28.9 Å². The first kappa shape index (κ1) is 25.0. The molecule has 1 atom stereocenters. The standard InChI is InChI=1S/C28H27Cl2N3O2/c1-20(22-11-7-4-8-12-22)33(17-23-13-14-24(29)15-25(23)30)18-27-31-26(19-35-27)28(34)32(2)16-21-9-5-3-6-10-21/h3-15,19-20H,16-18H2,1-2H3. The Labute approximate surface area is 215 Å². The van der Waals surface area contributed by atoms with Gasteiger partial charge >= 0.3 is 0 Å². The van der Waals surface area contributed by atoms with Gasteiger partial charge in [0.15, 0.2) is 5.69 Å². The second-order valence-corrected chi connectivity index (χ2v) is 9.34. The van der Waals surface area contributed by atoms with Crippen LogP contribution in [0, 0.1) is 0 Å². The molecule has 1 unspecified atom stereocenters. The molecule has 0 saturated heterocycles. The Kier molecular flexibility index (Phi) is 8.24. The van der Waals surface area contributed by atoms with Crippen LogP contribution in [-0.4, -0.2) is 27.7 Å². The average Bonchev–Trinajstić information content (AvgIpc) is 3.34. The Balaban J connectivity index is 1.52. The summed E-state index contributed by atoms with van der Waals surface area (Å²) >= 11 is 12.6. The molecule has 0 saturated carbocycles. The summed E-state index contributed by atoms with van der Waals surface area (Å²) in [5.41, 5.74) is 3.44. The number of nitrogens with zero attached hydrogens (tertiary/aromatic N) is 3. The Morgan fingerprint density at radius 2 is 1.63 bits per heavy atom. The molecule has 4 rings (SSSR count). The van der Waals surface area contributed by atoms with Gasteiger partial charge in [0.25, 0.3) is 5.91 Å². The molecule has 0 spiro atoms. The molecule has 7 heteroatoms. The van der Waals surface area contributed by atoms with Crippen LogP contribution in [-0.2, 0) is 19.6 Å². The van der Waals surface area contributed by atoms with Crippen molar-refractivity contribution >= 4 is 29.1 Å². The maximum absolute atomic E-state index is 12.9. The van der Waals surface area contributed by atoms with Gasteiger partial charge in [0.05, 0.1) is 6.54 Å². The van der Waals surface area contributed by atoms with Crippen molar-refractivity contribution in [1.29, 1.82) is 0 Å².